The van der Waals surface area contributed by atoms with Crippen molar-refractivity contribution in [3.8, 4) is 0 Å². The average Bonchev–Trinajstić information content (AvgIpc) is 2.88. The summed E-state index contributed by atoms with van der Waals surface area (Å²) in [5.74, 6) is 4.50. The predicted molar refractivity (Wildman–Crippen MR) is 66.1 cm³/mol. The number of H-pyrrole nitrogens is 1. The fourth-order valence-electron chi connectivity index (χ4n) is 1.98. The molecule has 0 spiro atoms. The number of carbonyl (C=O) groups is 1. The van der Waals surface area contributed by atoms with Gasteiger partial charge in [0.1, 0.15) is 5.82 Å². The minimum atomic E-state index is -0.148. The first kappa shape index (κ1) is 11.1. The summed E-state index contributed by atoms with van der Waals surface area (Å²) in [5.41, 5.74) is 0. The van der Waals surface area contributed by atoms with Crippen LogP contribution in [0.15, 0.2) is 0 Å². The van der Waals surface area contributed by atoms with E-state index in [9.17, 15) is 4.79 Å². The van der Waals surface area contributed by atoms with Crippen LogP contribution < -0.4 is 5.32 Å². The molecule has 92 valence electrons. The van der Waals surface area contributed by atoms with E-state index >= 15 is 0 Å². The summed E-state index contributed by atoms with van der Waals surface area (Å²) in [5, 5.41) is 9.74. The Hall–Kier alpha value is -1.04. The van der Waals surface area contributed by atoms with Gasteiger partial charge in [0.2, 0.25) is 5.82 Å². The van der Waals surface area contributed by atoms with Gasteiger partial charge in [0.15, 0.2) is 0 Å². The Kier molecular flexibility index (Phi) is 3.05. The van der Waals surface area contributed by atoms with Crippen molar-refractivity contribution in [2.75, 3.05) is 18.1 Å². The van der Waals surface area contributed by atoms with Gasteiger partial charge in [0.05, 0.1) is 0 Å². The summed E-state index contributed by atoms with van der Waals surface area (Å²) in [6, 6.07) is 0. The van der Waals surface area contributed by atoms with E-state index < -0.39 is 0 Å². The Bertz CT molecular complexity index is 409. The van der Waals surface area contributed by atoms with Crippen molar-refractivity contribution in [1.82, 2.24) is 20.5 Å². The normalized spacial score (nSPS) is 23.9. The van der Waals surface area contributed by atoms with E-state index in [-0.39, 0.29) is 11.7 Å². The molecule has 1 atom stereocenters. The summed E-state index contributed by atoms with van der Waals surface area (Å²) in [6.45, 7) is 0.749. The summed E-state index contributed by atoms with van der Waals surface area (Å²) in [7, 11) is 0. The van der Waals surface area contributed by atoms with Crippen molar-refractivity contribution < 1.29 is 4.79 Å². The van der Waals surface area contributed by atoms with Gasteiger partial charge in [0.25, 0.3) is 5.91 Å². The SMILES string of the molecule is O=C(NCC1CCSC1)c1n[nH]c(C2CC2)n1. The van der Waals surface area contributed by atoms with Crippen molar-refractivity contribution in [2.24, 2.45) is 5.92 Å². The molecule has 2 aliphatic rings. The van der Waals surface area contributed by atoms with Crippen LogP contribution in [-0.2, 0) is 0 Å². The molecule has 0 bridgehead atoms. The molecule has 1 amide bonds. The van der Waals surface area contributed by atoms with Crippen molar-refractivity contribution in [3.63, 3.8) is 0 Å². The quantitative estimate of drug-likeness (QED) is 0.843. The zero-order chi connectivity index (χ0) is 11.7. The topological polar surface area (TPSA) is 70.7 Å². The van der Waals surface area contributed by atoms with E-state index in [1.807, 2.05) is 11.8 Å². The molecule has 2 heterocycles. The second kappa shape index (κ2) is 4.68. The Morgan fingerprint density at radius 3 is 3.06 bits per heavy atom. The Morgan fingerprint density at radius 2 is 2.35 bits per heavy atom. The van der Waals surface area contributed by atoms with E-state index in [1.165, 1.54) is 12.2 Å². The molecule has 0 radical (unpaired) electrons. The lowest BCUT2D eigenvalue weighted by Crippen LogP contribution is -2.30. The Labute approximate surface area is 104 Å². The number of rotatable bonds is 4. The third kappa shape index (κ3) is 2.62. The third-order valence-corrected chi connectivity index (χ3v) is 4.48. The number of hydrogen-bond donors (Lipinski definition) is 2. The highest BCUT2D eigenvalue weighted by Crippen LogP contribution is 2.37. The average molecular weight is 252 g/mol. The predicted octanol–water partition coefficient (Wildman–Crippen LogP) is 1.16. The van der Waals surface area contributed by atoms with Crippen LogP contribution >= 0.6 is 11.8 Å². The first-order valence-corrected chi connectivity index (χ1v) is 7.26. The molecular weight excluding hydrogens is 236 g/mol. The smallest absolute Gasteiger partial charge is 0.290 e. The number of thioether (sulfide) groups is 1. The molecule has 17 heavy (non-hydrogen) atoms. The number of hydrogen-bond acceptors (Lipinski definition) is 4. The van der Waals surface area contributed by atoms with Gasteiger partial charge >= 0.3 is 0 Å². The summed E-state index contributed by atoms with van der Waals surface area (Å²) in [6.07, 6.45) is 3.53. The van der Waals surface area contributed by atoms with Gasteiger partial charge in [-0.25, -0.2) is 4.98 Å². The number of nitrogens with zero attached hydrogens (tertiary/aromatic N) is 2. The summed E-state index contributed by atoms with van der Waals surface area (Å²) < 4.78 is 0. The summed E-state index contributed by atoms with van der Waals surface area (Å²) in [4.78, 5) is 16.0. The Morgan fingerprint density at radius 1 is 1.47 bits per heavy atom. The zero-order valence-corrected chi connectivity index (χ0v) is 10.4. The standard InChI is InChI=1S/C11H16N4OS/c16-11(12-5-7-3-4-17-6-7)10-13-9(14-15-10)8-1-2-8/h7-8H,1-6H2,(H,12,16)(H,13,14,15). The minimum Gasteiger partial charge on any atom is -0.349 e. The molecule has 1 unspecified atom stereocenters. The number of amides is 1. The molecule has 3 rings (SSSR count). The highest BCUT2D eigenvalue weighted by molar-refractivity contribution is 7.99. The second-order valence-electron chi connectivity index (χ2n) is 4.76. The van der Waals surface area contributed by atoms with Crippen LogP contribution in [0, 0.1) is 5.92 Å². The first-order valence-electron chi connectivity index (χ1n) is 6.11. The van der Waals surface area contributed by atoms with Crippen LogP contribution in [0.25, 0.3) is 0 Å². The largest absolute Gasteiger partial charge is 0.349 e. The van der Waals surface area contributed by atoms with E-state index in [2.05, 4.69) is 20.5 Å². The Balaban J connectivity index is 1.53. The molecule has 1 aliphatic heterocycles. The minimum absolute atomic E-state index is 0.148. The van der Waals surface area contributed by atoms with Gasteiger partial charge in [-0.05, 0) is 36.7 Å². The molecule has 1 aromatic rings. The number of aromatic amines is 1. The zero-order valence-electron chi connectivity index (χ0n) is 9.61. The van der Waals surface area contributed by atoms with Gasteiger partial charge in [-0.2, -0.15) is 11.8 Å². The first-order chi connectivity index (χ1) is 8.33. The van der Waals surface area contributed by atoms with Crippen LogP contribution in [0.4, 0.5) is 0 Å². The van der Waals surface area contributed by atoms with Crippen LogP contribution in [0.2, 0.25) is 0 Å². The lowest BCUT2D eigenvalue weighted by Gasteiger charge is -2.07. The highest BCUT2D eigenvalue weighted by atomic mass is 32.2. The molecule has 1 saturated carbocycles. The van der Waals surface area contributed by atoms with Gasteiger partial charge in [-0.1, -0.05) is 0 Å². The molecule has 5 nitrogen and oxygen atoms in total. The van der Waals surface area contributed by atoms with Crippen molar-refractivity contribution in [3.05, 3.63) is 11.6 Å². The maximum Gasteiger partial charge on any atom is 0.290 e. The van der Waals surface area contributed by atoms with Crippen LogP contribution in [-0.4, -0.2) is 39.1 Å². The van der Waals surface area contributed by atoms with E-state index in [1.54, 1.807) is 0 Å². The fourth-order valence-corrected chi connectivity index (χ4v) is 3.26. The van der Waals surface area contributed by atoms with Crippen LogP contribution in [0.1, 0.15) is 41.6 Å². The van der Waals surface area contributed by atoms with Crippen molar-refractivity contribution in [1.29, 1.82) is 0 Å². The molecule has 6 heteroatoms. The number of carbonyl (C=O) groups excluding carboxylic acids is 1. The van der Waals surface area contributed by atoms with E-state index in [0.29, 0.717) is 11.8 Å². The molecule has 1 saturated heterocycles. The third-order valence-electron chi connectivity index (χ3n) is 3.25. The maximum absolute atomic E-state index is 11.8. The van der Waals surface area contributed by atoms with Gasteiger partial charge in [-0.15, -0.1) is 5.10 Å². The molecule has 2 fully saturated rings. The highest BCUT2D eigenvalue weighted by Gasteiger charge is 2.28. The molecule has 2 N–H and O–H groups in total. The van der Waals surface area contributed by atoms with Gasteiger partial charge < -0.3 is 5.32 Å². The van der Waals surface area contributed by atoms with Crippen LogP contribution in [0.5, 0.6) is 0 Å². The summed E-state index contributed by atoms with van der Waals surface area (Å²) >= 11 is 1.96. The number of aromatic nitrogens is 3. The van der Waals surface area contributed by atoms with Gasteiger partial charge in [-0.3, -0.25) is 9.89 Å². The lowest BCUT2D eigenvalue weighted by molar-refractivity contribution is 0.0938. The molecule has 1 aliphatic carbocycles. The molecular formula is C11H16N4OS. The second-order valence-corrected chi connectivity index (χ2v) is 5.91. The fraction of sp³-hybridized carbons (Fsp3) is 0.727. The van der Waals surface area contributed by atoms with E-state index in [4.69, 9.17) is 0 Å². The molecule has 0 aromatic carbocycles. The molecule has 1 aromatic heterocycles. The number of nitrogens with one attached hydrogen (secondary N) is 2. The van der Waals surface area contributed by atoms with E-state index in [0.717, 1.165) is 31.0 Å². The lowest BCUT2D eigenvalue weighted by atomic mass is 10.1. The van der Waals surface area contributed by atoms with Crippen molar-refractivity contribution in [2.45, 2.75) is 25.2 Å². The van der Waals surface area contributed by atoms with Crippen molar-refractivity contribution >= 4 is 17.7 Å². The maximum atomic E-state index is 11.8. The van der Waals surface area contributed by atoms with Gasteiger partial charge in [0, 0.05) is 12.5 Å². The monoisotopic (exact) mass is 252 g/mol. The van der Waals surface area contributed by atoms with Crippen LogP contribution in [0.3, 0.4) is 0 Å².